The predicted molar refractivity (Wildman–Crippen MR) is 149 cm³/mol. The van der Waals surface area contributed by atoms with Gasteiger partial charge in [0.05, 0.1) is 16.1 Å². The van der Waals surface area contributed by atoms with Crippen molar-refractivity contribution in [3.8, 4) is 0 Å². The first-order valence-electron chi connectivity index (χ1n) is 13.6. The highest BCUT2D eigenvalue weighted by Crippen LogP contribution is 2.45. The minimum absolute atomic E-state index is 0.121. The molecule has 0 aromatic heterocycles. The summed E-state index contributed by atoms with van der Waals surface area (Å²) in [4.78, 5) is 13.7. The minimum atomic E-state index is -4.61. The zero-order valence-corrected chi connectivity index (χ0v) is 22.9. The van der Waals surface area contributed by atoms with E-state index in [1.54, 1.807) is 18.2 Å². The summed E-state index contributed by atoms with van der Waals surface area (Å²) in [6, 6.07) is 16.7. The summed E-state index contributed by atoms with van der Waals surface area (Å²) < 4.78 is 66.2. The van der Waals surface area contributed by atoms with Gasteiger partial charge in [-0.15, -0.1) is 0 Å². The largest absolute Gasteiger partial charge is 0.478 e. The van der Waals surface area contributed by atoms with Gasteiger partial charge in [-0.05, 0) is 88.8 Å². The summed E-state index contributed by atoms with van der Waals surface area (Å²) in [6.45, 7) is 1.94. The number of halogens is 6. The van der Waals surface area contributed by atoms with Crippen molar-refractivity contribution in [3.63, 3.8) is 0 Å². The van der Waals surface area contributed by atoms with Crippen molar-refractivity contribution in [1.82, 2.24) is 4.90 Å². The quantitative estimate of drug-likeness (QED) is 0.268. The van der Waals surface area contributed by atoms with E-state index < -0.39 is 24.1 Å². The molecular formula is C32H29ClF5NO2. The molecule has 9 heteroatoms. The normalized spacial score (nSPS) is 16.5. The Labute approximate surface area is 240 Å². The molecule has 0 amide bonds. The molecule has 1 aliphatic heterocycles. The van der Waals surface area contributed by atoms with Crippen molar-refractivity contribution in [2.45, 2.75) is 44.7 Å². The van der Waals surface area contributed by atoms with Crippen molar-refractivity contribution in [3.05, 3.63) is 105 Å². The van der Waals surface area contributed by atoms with E-state index in [9.17, 15) is 31.9 Å². The summed E-state index contributed by atoms with van der Waals surface area (Å²) in [5, 5.41) is 9.19. The van der Waals surface area contributed by atoms with Crippen molar-refractivity contribution in [2.75, 3.05) is 19.6 Å². The van der Waals surface area contributed by atoms with Crippen LogP contribution in [0.25, 0.3) is 11.1 Å². The van der Waals surface area contributed by atoms with Crippen LogP contribution in [0.5, 0.6) is 0 Å². The molecular weight excluding hydrogens is 561 g/mol. The molecule has 3 nitrogen and oxygen atoms in total. The smallest absolute Gasteiger partial charge is 0.417 e. The van der Waals surface area contributed by atoms with Gasteiger partial charge in [0.1, 0.15) is 0 Å². The molecule has 2 aliphatic rings. The molecule has 0 unspecified atom stereocenters. The number of hydrogen-bond acceptors (Lipinski definition) is 2. The number of nitrogens with zero attached hydrogens (tertiary/aromatic N) is 1. The van der Waals surface area contributed by atoms with E-state index in [4.69, 9.17) is 11.6 Å². The molecule has 0 saturated carbocycles. The van der Waals surface area contributed by atoms with Crippen LogP contribution in [0.3, 0.4) is 0 Å². The fourth-order valence-electron chi connectivity index (χ4n) is 5.91. The number of alkyl halides is 5. The summed E-state index contributed by atoms with van der Waals surface area (Å²) in [7, 11) is 0. The number of carboxylic acids is 1. The van der Waals surface area contributed by atoms with Gasteiger partial charge in [0, 0.05) is 26.1 Å². The second kappa shape index (κ2) is 11.9. The Morgan fingerprint density at radius 2 is 1.73 bits per heavy atom. The Bertz CT molecular complexity index is 1460. The summed E-state index contributed by atoms with van der Waals surface area (Å²) >= 11 is 6.41. The minimum Gasteiger partial charge on any atom is -0.478 e. The monoisotopic (exact) mass is 589 g/mol. The van der Waals surface area contributed by atoms with Crippen LogP contribution in [0.15, 0.2) is 60.7 Å². The number of aryl methyl sites for hydroxylation is 1. The molecule has 1 N–H and O–H groups in total. The Morgan fingerprint density at radius 1 is 1.00 bits per heavy atom. The molecule has 1 saturated heterocycles. The van der Waals surface area contributed by atoms with E-state index in [1.165, 1.54) is 12.1 Å². The van der Waals surface area contributed by atoms with E-state index in [0.717, 1.165) is 53.4 Å². The van der Waals surface area contributed by atoms with Gasteiger partial charge >= 0.3 is 12.1 Å². The summed E-state index contributed by atoms with van der Waals surface area (Å²) in [6.07, 6.45) is -4.57. The van der Waals surface area contributed by atoms with Gasteiger partial charge < -0.3 is 10.0 Å². The van der Waals surface area contributed by atoms with E-state index in [-0.39, 0.29) is 17.0 Å². The van der Waals surface area contributed by atoms with Crippen LogP contribution in [0.4, 0.5) is 22.0 Å². The number of aromatic carboxylic acids is 1. The lowest BCUT2D eigenvalue weighted by Crippen LogP contribution is -2.48. The topological polar surface area (TPSA) is 40.5 Å². The molecule has 3 aromatic carbocycles. The molecule has 0 bridgehead atoms. The number of carbonyl (C=O) groups is 1. The van der Waals surface area contributed by atoms with Crippen LogP contribution in [0.2, 0.25) is 5.02 Å². The predicted octanol–water partition coefficient (Wildman–Crippen LogP) is 8.48. The van der Waals surface area contributed by atoms with Crippen LogP contribution >= 0.6 is 11.6 Å². The van der Waals surface area contributed by atoms with Crippen molar-refractivity contribution in [1.29, 1.82) is 0 Å². The molecule has 3 aromatic rings. The maximum absolute atomic E-state index is 13.7. The fourth-order valence-corrected chi connectivity index (χ4v) is 6.26. The van der Waals surface area contributed by atoms with Gasteiger partial charge in [-0.1, -0.05) is 54.1 Å². The van der Waals surface area contributed by atoms with Crippen LogP contribution in [0.1, 0.15) is 63.0 Å². The number of benzene rings is 3. The molecule has 0 spiro atoms. The van der Waals surface area contributed by atoms with Gasteiger partial charge in [-0.3, -0.25) is 0 Å². The molecule has 1 aliphatic carbocycles. The average molecular weight is 590 g/mol. The Balaban J connectivity index is 1.52. The van der Waals surface area contributed by atoms with Gasteiger partial charge in [0.2, 0.25) is 6.43 Å². The third-order valence-corrected chi connectivity index (χ3v) is 8.30. The van der Waals surface area contributed by atoms with Crippen molar-refractivity contribution >= 4 is 28.7 Å². The van der Waals surface area contributed by atoms with Gasteiger partial charge in [-0.2, -0.15) is 13.2 Å². The first-order chi connectivity index (χ1) is 19.5. The zero-order valence-electron chi connectivity index (χ0n) is 22.2. The Morgan fingerprint density at radius 3 is 2.39 bits per heavy atom. The van der Waals surface area contributed by atoms with Crippen LogP contribution < -0.4 is 0 Å². The van der Waals surface area contributed by atoms with Gasteiger partial charge in [0.25, 0.3) is 0 Å². The number of carboxylic acid groups (broad SMARTS) is 1. The fraction of sp³-hybridized carbons (Fsp3) is 0.344. The lowest BCUT2D eigenvalue weighted by atomic mass is 9.85. The number of rotatable bonds is 8. The lowest BCUT2D eigenvalue weighted by molar-refractivity contribution is -0.137. The Kier molecular flexibility index (Phi) is 8.52. The maximum atomic E-state index is 13.7. The Hall–Kier alpha value is -3.23. The van der Waals surface area contributed by atoms with Crippen molar-refractivity contribution in [2.24, 2.45) is 5.92 Å². The van der Waals surface area contributed by atoms with Crippen molar-refractivity contribution < 1.29 is 31.9 Å². The highest BCUT2D eigenvalue weighted by Gasteiger charge is 2.35. The van der Waals surface area contributed by atoms with E-state index in [2.05, 4.69) is 0 Å². The first-order valence-corrected chi connectivity index (χ1v) is 13.9. The van der Waals surface area contributed by atoms with E-state index in [1.807, 2.05) is 29.2 Å². The number of hydrogen-bond donors (Lipinski definition) is 1. The molecule has 216 valence electrons. The van der Waals surface area contributed by atoms with E-state index >= 15 is 0 Å². The van der Waals surface area contributed by atoms with Gasteiger partial charge in [0.15, 0.2) is 0 Å². The average Bonchev–Trinajstić information content (AvgIpc) is 3.08. The third kappa shape index (κ3) is 6.49. The zero-order chi connectivity index (χ0) is 29.3. The summed E-state index contributed by atoms with van der Waals surface area (Å²) in [5.74, 6) is -0.665. The second-order valence-corrected chi connectivity index (χ2v) is 11.1. The highest BCUT2D eigenvalue weighted by atomic mass is 35.5. The third-order valence-electron chi connectivity index (χ3n) is 7.89. The van der Waals surface area contributed by atoms with Crippen LogP contribution in [-0.4, -0.2) is 42.0 Å². The standard InChI is InChI=1S/C32H29ClF5NO2/c33-30-26(5-2-6-27(30)32(36,37)38)25-4-1-3-22-16-23(31(40)41)11-12-24(22)29(25)21-9-7-19(8-10-21)15-20-17-39(18-20)14-13-28(34)35/h2,5-12,16,20,28H,1,3-4,13-15,17-18H2,(H,40,41). The van der Waals surface area contributed by atoms with Gasteiger partial charge in [-0.25, -0.2) is 13.6 Å². The molecule has 41 heavy (non-hydrogen) atoms. The molecule has 0 atom stereocenters. The molecule has 1 heterocycles. The lowest BCUT2D eigenvalue weighted by Gasteiger charge is -2.39. The molecule has 0 radical (unpaired) electrons. The number of likely N-dealkylation sites (tertiary alicyclic amines) is 1. The summed E-state index contributed by atoms with van der Waals surface area (Å²) in [5.41, 5.74) is 4.48. The molecule has 1 fully saturated rings. The first kappa shape index (κ1) is 29.3. The van der Waals surface area contributed by atoms with Crippen LogP contribution in [-0.2, 0) is 19.0 Å². The highest BCUT2D eigenvalue weighted by molar-refractivity contribution is 6.33. The van der Waals surface area contributed by atoms with E-state index in [0.29, 0.717) is 42.9 Å². The maximum Gasteiger partial charge on any atom is 0.417 e. The second-order valence-electron chi connectivity index (χ2n) is 10.8. The van der Waals surface area contributed by atoms with Crippen LogP contribution in [0, 0.1) is 5.92 Å². The number of fused-ring (bicyclic) bond motifs is 1. The SMILES string of the molecule is O=C(O)c1ccc2c(c1)CCCC(c1cccc(C(F)(F)F)c1Cl)=C2c1ccc(CC2CN(CCC(F)F)C2)cc1. The number of allylic oxidation sites excluding steroid dienone is 1. The molecule has 5 rings (SSSR count).